The Balaban J connectivity index is 1.82. The van der Waals surface area contributed by atoms with Crippen molar-refractivity contribution in [3.05, 3.63) is 35.6 Å². The van der Waals surface area contributed by atoms with Gasteiger partial charge in [-0.25, -0.2) is 4.39 Å². The third-order valence-electron chi connectivity index (χ3n) is 4.30. The van der Waals surface area contributed by atoms with Gasteiger partial charge >= 0.3 is 0 Å². The van der Waals surface area contributed by atoms with Crippen LogP contribution in [0.3, 0.4) is 0 Å². The van der Waals surface area contributed by atoms with Crippen LogP contribution in [0.1, 0.15) is 31.2 Å². The van der Waals surface area contributed by atoms with E-state index in [1.54, 1.807) is 23.1 Å². The van der Waals surface area contributed by atoms with Gasteiger partial charge in [-0.2, -0.15) is 0 Å². The summed E-state index contributed by atoms with van der Waals surface area (Å²) in [4.78, 5) is 14.4. The standard InChI is InChI=1S/C15H18FNO2/c16-13-4-2-1-3-12(13)15(7-8-15)14(19)17-9-5-11(18)6-10-17/h1-4,11,18H,5-10H2. The van der Waals surface area contributed by atoms with Crippen LogP contribution in [-0.2, 0) is 10.2 Å². The normalized spacial score (nSPS) is 22.3. The van der Waals surface area contributed by atoms with Gasteiger partial charge in [0.1, 0.15) is 5.82 Å². The number of halogens is 1. The molecule has 19 heavy (non-hydrogen) atoms. The minimum Gasteiger partial charge on any atom is -0.393 e. The number of amides is 1. The van der Waals surface area contributed by atoms with Crippen LogP contribution in [0.15, 0.2) is 24.3 Å². The molecular formula is C15H18FNO2. The molecule has 0 aromatic heterocycles. The van der Waals surface area contributed by atoms with Crippen molar-refractivity contribution in [2.45, 2.75) is 37.2 Å². The molecule has 3 rings (SSSR count). The third-order valence-corrected chi connectivity index (χ3v) is 4.30. The molecule has 0 atom stereocenters. The maximum atomic E-state index is 13.9. The van der Waals surface area contributed by atoms with E-state index in [0.29, 0.717) is 31.5 Å². The molecule has 1 saturated carbocycles. The van der Waals surface area contributed by atoms with Crippen molar-refractivity contribution in [3.8, 4) is 0 Å². The highest BCUT2D eigenvalue weighted by Gasteiger charge is 2.54. The second-order valence-electron chi connectivity index (χ2n) is 5.59. The van der Waals surface area contributed by atoms with E-state index in [2.05, 4.69) is 0 Å². The Kier molecular flexibility index (Phi) is 3.05. The lowest BCUT2D eigenvalue weighted by Gasteiger charge is -2.32. The summed E-state index contributed by atoms with van der Waals surface area (Å²) in [6.07, 6.45) is 2.41. The van der Waals surface area contributed by atoms with Gasteiger partial charge in [-0.05, 0) is 31.7 Å². The van der Waals surface area contributed by atoms with E-state index in [4.69, 9.17) is 0 Å². The summed E-state index contributed by atoms with van der Waals surface area (Å²) in [7, 11) is 0. The molecule has 1 N–H and O–H groups in total. The lowest BCUT2D eigenvalue weighted by atomic mass is 9.92. The molecule has 0 radical (unpaired) electrons. The maximum absolute atomic E-state index is 13.9. The van der Waals surface area contributed by atoms with Gasteiger partial charge in [0.05, 0.1) is 11.5 Å². The van der Waals surface area contributed by atoms with E-state index < -0.39 is 5.41 Å². The quantitative estimate of drug-likeness (QED) is 0.884. The predicted molar refractivity (Wildman–Crippen MR) is 69.1 cm³/mol. The van der Waals surface area contributed by atoms with Crippen molar-refractivity contribution in [3.63, 3.8) is 0 Å². The summed E-state index contributed by atoms with van der Waals surface area (Å²) < 4.78 is 13.9. The first-order valence-electron chi connectivity index (χ1n) is 6.86. The SMILES string of the molecule is O=C(N1CCC(O)CC1)C1(c2ccccc2F)CC1. The van der Waals surface area contributed by atoms with Crippen LogP contribution in [0.4, 0.5) is 4.39 Å². The Morgan fingerprint density at radius 3 is 2.47 bits per heavy atom. The number of carbonyl (C=O) groups excluding carboxylic acids is 1. The summed E-state index contributed by atoms with van der Waals surface area (Å²) in [5.41, 5.74) is -0.0979. The minimum absolute atomic E-state index is 0.0319. The average molecular weight is 263 g/mol. The second-order valence-corrected chi connectivity index (χ2v) is 5.59. The Morgan fingerprint density at radius 2 is 1.89 bits per heavy atom. The van der Waals surface area contributed by atoms with Crippen molar-refractivity contribution in [2.75, 3.05) is 13.1 Å². The Hall–Kier alpha value is -1.42. The molecule has 2 fully saturated rings. The Bertz CT molecular complexity index is 491. The highest BCUT2D eigenvalue weighted by atomic mass is 19.1. The molecule has 1 heterocycles. The zero-order valence-electron chi connectivity index (χ0n) is 10.8. The van der Waals surface area contributed by atoms with Crippen LogP contribution in [0, 0.1) is 5.82 Å². The smallest absolute Gasteiger partial charge is 0.233 e. The van der Waals surface area contributed by atoms with Gasteiger partial charge in [-0.1, -0.05) is 18.2 Å². The van der Waals surface area contributed by atoms with E-state index in [9.17, 15) is 14.3 Å². The van der Waals surface area contributed by atoms with Crippen molar-refractivity contribution in [1.82, 2.24) is 4.90 Å². The maximum Gasteiger partial charge on any atom is 0.233 e. The van der Waals surface area contributed by atoms with Gasteiger partial charge in [0.25, 0.3) is 0 Å². The summed E-state index contributed by atoms with van der Waals surface area (Å²) in [6, 6.07) is 6.57. The van der Waals surface area contributed by atoms with Gasteiger partial charge in [0.2, 0.25) is 5.91 Å². The molecule has 1 aromatic carbocycles. The minimum atomic E-state index is -0.631. The van der Waals surface area contributed by atoms with E-state index in [1.807, 2.05) is 0 Å². The number of hydrogen-bond acceptors (Lipinski definition) is 2. The van der Waals surface area contributed by atoms with Crippen LogP contribution < -0.4 is 0 Å². The van der Waals surface area contributed by atoms with E-state index in [-0.39, 0.29) is 17.8 Å². The number of benzene rings is 1. The topological polar surface area (TPSA) is 40.5 Å². The van der Waals surface area contributed by atoms with E-state index in [1.165, 1.54) is 6.07 Å². The number of carbonyl (C=O) groups is 1. The summed E-state index contributed by atoms with van der Waals surface area (Å²) in [5, 5.41) is 9.49. The zero-order chi connectivity index (χ0) is 13.5. The number of rotatable bonds is 2. The number of nitrogens with zero attached hydrogens (tertiary/aromatic N) is 1. The third kappa shape index (κ3) is 2.14. The van der Waals surface area contributed by atoms with Crippen LogP contribution in [-0.4, -0.2) is 35.1 Å². The molecule has 3 nitrogen and oxygen atoms in total. The van der Waals surface area contributed by atoms with Crippen molar-refractivity contribution >= 4 is 5.91 Å². The Morgan fingerprint density at radius 1 is 1.26 bits per heavy atom. The highest BCUT2D eigenvalue weighted by Crippen LogP contribution is 2.50. The molecule has 1 aromatic rings. The largest absolute Gasteiger partial charge is 0.393 e. The first kappa shape index (κ1) is 12.6. The van der Waals surface area contributed by atoms with Crippen molar-refractivity contribution < 1.29 is 14.3 Å². The zero-order valence-corrected chi connectivity index (χ0v) is 10.8. The van der Waals surface area contributed by atoms with Gasteiger partial charge in [-0.3, -0.25) is 4.79 Å². The summed E-state index contributed by atoms with van der Waals surface area (Å²) in [6.45, 7) is 1.16. The van der Waals surface area contributed by atoms with Gasteiger partial charge in [0.15, 0.2) is 0 Å². The Labute approximate surface area is 112 Å². The number of aliphatic hydroxyl groups excluding tert-OH is 1. The number of hydrogen-bond donors (Lipinski definition) is 1. The van der Waals surface area contributed by atoms with Crippen LogP contribution in [0.5, 0.6) is 0 Å². The fourth-order valence-electron chi connectivity index (χ4n) is 2.94. The molecule has 4 heteroatoms. The van der Waals surface area contributed by atoms with Crippen molar-refractivity contribution in [1.29, 1.82) is 0 Å². The second kappa shape index (κ2) is 4.60. The lowest BCUT2D eigenvalue weighted by Crippen LogP contribution is -2.45. The molecular weight excluding hydrogens is 245 g/mol. The molecule has 2 aliphatic rings. The van der Waals surface area contributed by atoms with Gasteiger partial charge in [0, 0.05) is 18.7 Å². The molecule has 102 valence electrons. The number of aliphatic hydroxyl groups is 1. The fourth-order valence-corrected chi connectivity index (χ4v) is 2.94. The molecule has 0 unspecified atom stereocenters. The molecule has 1 aliphatic carbocycles. The number of piperidine rings is 1. The van der Waals surface area contributed by atoms with Crippen LogP contribution >= 0.6 is 0 Å². The van der Waals surface area contributed by atoms with Gasteiger partial charge < -0.3 is 10.0 Å². The fraction of sp³-hybridized carbons (Fsp3) is 0.533. The number of likely N-dealkylation sites (tertiary alicyclic amines) is 1. The molecule has 1 aliphatic heterocycles. The lowest BCUT2D eigenvalue weighted by molar-refractivity contribution is -0.136. The first-order valence-corrected chi connectivity index (χ1v) is 6.86. The first-order chi connectivity index (χ1) is 9.13. The molecule has 1 saturated heterocycles. The summed E-state index contributed by atoms with van der Waals surface area (Å²) >= 11 is 0. The van der Waals surface area contributed by atoms with Crippen LogP contribution in [0.2, 0.25) is 0 Å². The monoisotopic (exact) mass is 263 g/mol. The van der Waals surface area contributed by atoms with Gasteiger partial charge in [-0.15, -0.1) is 0 Å². The average Bonchev–Trinajstić information content (AvgIpc) is 3.21. The van der Waals surface area contributed by atoms with E-state index >= 15 is 0 Å². The molecule has 0 bridgehead atoms. The highest BCUT2D eigenvalue weighted by molar-refractivity contribution is 5.91. The van der Waals surface area contributed by atoms with Crippen molar-refractivity contribution in [2.24, 2.45) is 0 Å². The molecule has 1 amide bonds. The summed E-state index contributed by atoms with van der Waals surface area (Å²) in [5.74, 6) is -0.255. The van der Waals surface area contributed by atoms with Crippen LogP contribution in [0.25, 0.3) is 0 Å². The van der Waals surface area contributed by atoms with E-state index in [0.717, 1.165) is 12.8 Å². The molecule has 0 spiro atoms. The predicted octanol–water partition coefficient (Wildman–Crippen LogP) is 1.84.